The normalized spacial score (nSPS) is 17.7. The molecule has 0 bridgehead atoms. The van der Waals surface area contributed by atoms with Crippen molar-refractivity contribution in [3.8, 4) is 0 Å². The molecule has 0 atom stereocenters. The number of carbonyl (C=O) groups is 1. The van der Waals surface area contributed by atoms with Crippen molar-refractivity contribution in [3.63, 3.8) is 0 Å². The second-order valence-corrected chi connectivity index (χ2v) is 5.43. The van der Waals surface area contributed by atoms with Crippen molar-refractivity contribution >= 4 is 11.7 Å². The summed E-state index contributed by atoms with van der Waals surface area (Å²) in [6.07, 6.45) is 1.74. The number of amides is 1. The highest BCUT2D eigenvalue weighted by atomic mass is 16.4. The van der Waals surface area contributed by atoms with Crippen molar-refractivity contribution in [2.75, 3.05) is 19.6 Å². The van der Waals surface area contributed by atoms with Crippen LogP contribution in [0.1, 0.15) is 28.8 Å². The topological polar surface area (TPSA) is 91.0 Å². The number of likely N-dealkylation sites (tertiary alicyclic amines) is 1. The number of benzene rings is 1. The molecule has 6 heteroatoms. The van der Waals surface area contributed by atoms with E-state index in [0.717, 1.165) is 37.1 Å². The smallest absolute Gasteiger partial charge is 0.251 e. The van der Waals surface area contributed by atoms with Gasteiger partial charge in [0.2, 0.25) is 0 Å². The Morgan fingerprint density at radius 1 is 1.43 bits per heavy atom. The molecule has 114 valence electrons. The van der Waals surface area contributed by atoms with Crippen molar-refractivity contribution in [1.29, 1.82) is 0 Å². The fourth-order valence-electron chi connectivity index (χ4n) is 2.59. The fourth-order valence-corrected chi connectivity index (χ4v) is 2.59. The largest absolute Gasteiger partial charge is 0.409 e. The molecule has 1 aliphatic rings. The van der Waals surface area contributed by atoms with E-state index in [1.165, 1.54) is 0 Å². The van der Waals surface area contributed by atoms with E-state index in [9.17, 15) is 4.79 Å². The third-order valence-electron chi connectivity index (χ3n) is 3.83. The summed E-state index contributed by atoms with van der Waals surface area (Å²) in [6.45, 7) is 4.06. The van der Waals surface area contributed by atoms with Gasteiger partial charge >= 0.3 is 0 Å². The number of nitrogens with zero attached hydrogens (tertiary/aromatic N) is 2. The maximum atomic E-state index is 12.2. The molecule has 0 aromatic heterocycles. The summed E-state index contributed by atoms with van der Waals surface area (Å²) in [4.78, 5) is 14.4. The molecule has 0 unspecified atom stereocenters. The van der Waals surface area contributed by atoms with Gasteiger partial charge in [0.25, 0.3) is 5.91 Å². The summed E-state index contributed by atoms with van der Waals surface area (Å²) in [5.41, 5.74) is 7.22. The van der Waals surface area contributed by atoms with Crippen LogP contribution < -0.4 is 11.1 Å². The van der Waals surface area contributed by atoms with Gasteiger partial charge in [0.1, 0.15) is 0 Å². The standard InChI is InChI=1S/C15H22N4O2/c1-11-4-2-3-5-13(11)15(20)17-12-6-8-19(9-7-12)10-14(16)18-21/h2-5,12,21H,6-10H2,1H3,(H2,16,18)(H,17,20). The maximum Gasteiger partial charge on any atom is 0.251 e. The number of hydrogen-bond donors (Lipinski definition) is 3. The van der Waals surface area contributed by atoms with E-state index in [1.807, 2.05) is 31.2 Å². The Morgan fingerprint density at radius 3 is 2.71 bits per heavy atom. The molecule has 1 amide bonds. The second-order valence-electron chi connectivity index (χ2n) is 5.43. The van der Waals surface area contributed by atoms with Crippen LogP contribution in [-0.2, 0) is 0 Å². The number of nitrogens with one attached hydrogen (secondary N) is 1. The average Bonchev–Trinajstić information content (AvgIpc) is 2.49. The van der Waals surface area contributed by atoms with Gasteiger partial charge in [0, 0.05) is 24.7 Å². The lowest BCUT2D eigenvalue weighted by atomic mass is 10.0. The van der Waals surface area contributed by atoms with E-state index in [1.54, 1.807) is 0 Å². The minimum atomic E-state index is -0.0111. The van der Waals surface area contributed by atoms with Crippen LogP contribution in [0.5, 0.6) is 0 Å². The molecule has 4 N–H and O–H groups in total. The van der Waals surface area contributed by atoms with Crippen LogP contribution in [0.4, 0.5) is 0 Å². The van der Waals surface area contributed by atoms with E-state index < -0.39 is 0 Å². The lowest BCUT2D eigenvalue weighted by molar-refractivity contribution is 0.0914. The van der Waals surface area contributed by atoms with Gasteiger partial charge in [0.05, 0.1) is 6.54 Å². The van der Waals surface area contributed by atoms with E-state index in [4.69, 9.17) is 10.9 Å². The highest BCUT2D eigenvalue weighted by Gasteiger charge is 2.22. The SMILES string of the molecule is Cc1ccccc1C(=O)NC1CCN(CC(N)=NO)CC1. The first-order chi connectivity index (χ1) is 10.1. The monoisotopic (exact) mass is 290 g/mol. The zero-order valence-corrected chi connectivity index (χ0v) is 12.2. The van der Waals surface area contributed by atoms with Crippen LogP contribution in [0.25, 0.3) is 0 Å². The Balaban J connectivity index is 1.84. The third-order valence-corrected chi connectivity index (χ3v) is 3.83. The molecule has 2 rings (SSSR count). The molecule has 0 radical (unpaired) electrons. The van der Waals surface area contributed by atoms with Crippen molar-refractivity contribution < 1.29 is 10.0 Å². The first-order valence-corrected chi connectivity index (χ1v) is 7.15. The molecule has 1 aliphatic heterocycles. The molecule has 1 heterocycles. The first-order valence-electron chi connectivity index (χ1n) is 7.15. The first kappa shape index (κ1) is 15.3. The van der Waals surface area contributed by atoms with Crippen molar-refractivity contribution in [2.45, 2.75) is 25.8 Å². The van der Waals surface area contributed by atoms with Crippen LogP contribution in [0.2, 0.25) is 0 Å². The fraction of sp³-hybridized carbons (Fsp3) is 0.467. The molecule has 0 spiro atoms. The van der Waals surface area contributed by atoms with Crippen molar-refractivity contribution in [2.24, 2.45) is 10.9 Å². The quantitative estimate of drug-likeness (QED) is 0.333. The van der Waals surface area contributed by atoms with Crippen molar-refractivity contribution in [1.82, 2.24) is 10.2 Å². The highest BCUT2D eigenvalue weighted by molar-refractivity contribution is 5.95. The Bertz CT molecular complexity index is 522. The number of piperidine rings is 1. The summed E-state index contributed by atoms with van der Waals surface area (Å²) < 4.78 is 0. The predicted octanol–water partition coefficient (Wildman–Crippen LogP) is 0.936. The lowest BCUT2D eigenvalue weighted by Gasteiger charge is -2.31. The molecule has 1 aromatic rings. The summed E-state index contributed by atoms with van der Waals surface area (Å²) in [5.74, 6) is 0.209. The summed E-state index contributed by atoms with van der Waals surface area (Å²) in [6, 6.07) is 7.77. The Kier molecular flexibility index (Phi) is 5.16. The second kappa shape index (κ2) is 7.08. The van der Waals surface area contributed by atoms with Crippen LogP contribution in [0.3, 0.4) is 0 Å². The molecule has 0 aliphatic carbocycles. The van der Waals surface area contributed by atoms with Crippen LogP contribution in [0, 0.1) is 6.92 Å². The van der Waals surface area contributed by atoms with Gasteiger partial charge in [-0.05, 0) is 31.4 Å². The number of amidine groups is 1. The van der Waals surface area contributed by atoms with Gasteiger partial charge < -0.3 is 16.3 Å². The number of nitrogens with two attached hydrogens (primary N) is 1. The average molecular weight is 290 g/mol. The molecule has 1 fully saturated rings. The Morgan fingerprint density at radius 2 is 2.10 bits per heavy atom. The maximum absolute atomic E-state index is 12.2. The van der Waals surface area contributed by atoms with Gasteiger partial charge in [-0.15, -0.1) is 0 Å². The molecule has 1 aromatic carbocycles. The number of oxime groups is 1. The minimum Gasteiger partial charge on any atom is -0.409 e. The van der Waals surface area contributed by atoms with Crippen LogP contribution in [-0.4, -0.2) is 47.5 Å². The third kappa shape index (κ3) is 4.19. The van der Waals surface area contributed by atoms with E-state index >= 15 is 0 Å². The zero-order valence-electron chi connectivity index (χ0n) is 12.2. The number of hydrogen-bond acceptors (Lipinski definition) is 4. The number of aryl methyl sites for hydroxylation is 1. The molecule has 6 nitrogen and oxygen atoms in total. The molecule has 21 heavy (non-hydrogen) atoms. The van der Waals surface area contributed by atoms with Gasteiger partial charge in [0.15, 0.2) is 5.84 Å². The molecular formula is C15H22N4O2. The van der Waals surface area contributed by atoms with Crippen LogP contribution >= 0.6 is 0 Å². The van der Waals surface area contributed by atoms with E-state index in [-0.39, 0.29) is 17.8 Å². The molecule has 0 saturated carbocycles. The molecular weight excluding hydrogens is 268 g/mol. The summed E-state index contributed by atoms with van der Waals surface area (Å²) in [7, 11) is 0. The van der Waals surface area contributed by atoms with Gasteiger partial charge in [-0.1, -0.05) is 23.4 Å². The number of rotatable bonds is 4. The molecule has 1 saturated heterocycles. The predicted molar refractivity (Wildman–Crippen MR) is 81.5 cm³/mol. The van der Waals surface area contributed by atoms with Crippen molar-refractivity contribution in [3.05, 3.63) is 35.4 Å². The van der Waals surface area contributed by atoms with E-state index in [2.05, 4.69) is 15.4 Å². The Hall–Kier alpha value is -2.08. The number of carbonyl (C=O) groups excluding carboxylic acids is 1. The highest BCUT2D eigenvalue weighted by Crippen LogP contribution is 2.12. The van der Waals surface area contributed by atoms with Crippen LogP contribution in [0.15, 0.2) is 29.4 Å². The van der Waals surface area contributed by atoms with Gasteiger partial charge in [-0.25, -0.2) is 0 Å². The summed E-state index contributed by atoms with van der Waals surface area (Å²) in [5, 5.41) is 14.6. The zero-order chi connectivity index (χ0) is 15.2. The Labute approximate surface area is 124 Å². The van der Waals surface area contributed by atoms with E-state index in [0.29, 0.717) is 6.54 Å². The van der Waals surface area contributed by atoms with Gasteiger partial charge in [-0.2, -0.15) is 0 Å². The van der Waals surface area contributed by atoms with Gasteiger partial charge in [-0.3, -0.25) is 9.69 Å². The minimum absolute atomic E-state index is 0.0111. The lowest BCUT2D eigenvalue weighted by Crippen LogP contribution is -2.46. The summed E-state index contributed by atoms with van der Waals surface area (Å²) >= 11 is 0.